The minimum atomic E-state index is -0.763. The van der Waals surface area contributed by atoms with Crippen LogP contribution in [-0.2, 0) is 9.53 Å². The number of rotatable bonds is 8. The van der Waals surface area contributed by atoms with Crippen molar-refractivity contribution in [3.63, 3.8) is 0 Å². The first-order valence-corrected chi connectivity index (χ1v) is 14.3. The number of thiazole rings is 1. The molecule has 5 rings (SSSR count). The molecule has 0 radical (unpaired) electrons. The standard InChI is InChI=1S/C29H24BrN3O7S/c1-4-38-19-9-6-17(7-10-19)26-25(28(35)39-5-2)16(3)31-29-32(26)27(34)24(41-29)15-20-11-13-23(40-20)21-12-8-18(30)14-22(21)33(36)37/h6-15,26H,4-5H2,1-3H3/b24-15-/t26-/m0/s1. The molecule has 0 N–H and O–H groups in total. The minimum Gasteiger partial charge on any atom is -0.494 e. The van der Waals surface area contributed by atoms with Crippen molar-refractivity contribution in [2.45, 2.75) is 26.8 Å². The van der Waals surface area contributed by atoms with E-state index < -0.39 is 16.9 Å². The van der Waals surface area contributed by atoms with Crippen LogP contribution in [0.15, 0.2) is 84.5 Å². The highest BCUT2D eigenvalue weighted by Gasteiger charge is 2.33. The number of carbonyl (C=O) groups is 1. The highest BCUT2D eigenvalue weighted by atomic mass is 79.9. The molecule has 0 spiro atoms. The first kappa shape index (κ1) is 28.2. The Labute approximate surface area is 246 Å². The molecule has 0 unspecified atom stereocenters. The van der Waals surface area contributed by atoms with Gasteiger partial charge < -0.3 is 13.9 Å². The zero-order valence-corrected chi connectivity index (χ0v) is 24.7. The summed E-state index contributed by atoms with van der Waals surface area (Å²) < 4.78 is 19.2. The van der Waals surface area contributed by atoms with Gasteiger partial charge in [0.1, 0.15) is 17.3 Å². The van der Waals surface area contributed by atoms with Crippen LogP contribution in [0.2, 0.25) is 0 Å². The van der Waals surface area contributed by atoms with E-state index in [9.17, 15) is 19.7 Å². The van der Waals surface area contributed by atoms with E-state index in [0.29, 0.717) is 48.7 Å². The van der Waals surface area contributed by atoms with Gasteiger partial charge in [0.25, 0.3) is 11.2 Å². The maximum Gasteiger partial charge on any atom is 0.338 e. The number of carbonyl (C=O) groups excluding carboxylic acids is 1. The molecule has 0 bridgehead atoms. The van der Waals surface area contributed by atoms with Crippen LogP contribution in [0.25, 0.3) is 17.4 Å². The normalized spacial score (nSPS) is 14.9. The van der Waals surface area contributed by atoms with E-state index in [1.54, 1.807) is 56.3 Å². The predicted molar refractivity (Wildman–Crippen MR) is 157 cm³/mol. The van der Waals surface area contributed by atoms with E-state index in [2.05, 4.69) is 20.9 Å². The molecule has 1 atom stereocenters. The second-order valence-corrected chi connectivity index (χ2v) is 10.8. The summed E-state index contributed by atoms with van der Waals surface area (Å²) in [5, 5.41) is 11.6. The van der Waals surface area contributed by atoms with Gasteiger partial charge in [-0.25, -0.2) is 9.79 Å². The fourth-order valence-corrected chi connectivity index (χ4v) is 5.96. The Morgan fingerprint density at radius 1 is 1.17 bits per heavy atom. The highest BCUT2D eigenvalue weighted by molar-refractivity contribution is 9.10. The SMILES string of the molecule is CCOC(=O)C1=C(C)N=c2s/c(=C\c3ccc(-c4ccc(Br)cc4[N+](=O)[O-])o3)c(=O)n2[C@H]1c1ccc(OCC)cc1. The van der Waals surface area contributed by atoms with Crippen molar-refractivity contribution < 1.29 is 23.6 Å². The van der Waals surface area contributed by atoms with E-state index in [1.807, 2.05) is 19.1 Å². The summed E-state index contributed by atoms with van der Waals surface area (Å²) in [7, 11) is 0. The first-order valence-electron chi connectivity index (χ1n) is 12.7. The lowest BCUT2D eigenvalue weighted by Crippen LogP contribution is -2.39. The van der Waals surface area contributed by atoms with E-state index in [1.165, 1.54) is 10.6 Å². The number of esters is 1. The summed E-state index contributed by atoms with van der Waals surface area (Å²) in [4.78, 5) is 43.0. The van der Waals surface area contributed by atoms with Crippen LogP contribution in [0, 0.1) is 10.1 Å². The van der Waals surface area contributed by atoms with Gasteiger partial charge in [-0.1, -0.05) is 39.4 Å². The molecule has 210 valence electrons. The van der Waals surface area contributed by atoms with Crippen molar-refractivity contribution in [1.29, 1.82) is 0 Å². The summed E-state index contributed by atoms with van der Waals surface area (Å²) >= 11 is 4.41. The molecule has 0 amide bonds. The molecule has 12 heteroatoms. The summed E-state index contributed by atoms with van der Waals surface area (Å²) in [5.41, 5.74) is 1.26. The van der Waals surface area contributed by atoms with Gasteiger partial charge in [0.05, 0.1) is 45.5 Å². The monoisotopic (exact) mass is 637 g/mol. The first-order chi connectivity index (χ1) is 19.7. The lowest BCUT2D eigenvalue weighted by Gasteiger charge is -2.24. The maximum atomic E-state index is 13.8. The molecule has 0 saturated heterocycles. The van der Waals surface area contributed by atoms with E-state index in [-0.39, 0.29) is 29.2 Å². The highest BCUT2D eigenvalue weighted by Crippen LogP contribution is 2.34. The number of nitro benzene ring substituents is 1. The average molecular weight is 638 g/mol. The molecule has 0 saturated carbocycles. The molecule has 41 heavy (non-hydrogen) atoms. The molecule has 2 aromatic heterocycles. The number of hydrogen-bond acceptors (Lipinski definition) is 9. The van der Waals surface area contributed by atoms with Crippen LogP contribution in [0.1, 0.15) is 38.1 Å². The van der Waals surface area contributed by atoms with Gasteiger partial charge in [-0.15, -0.1) is 0 Å². The molecule has 0 aliphatic carbocycles. The van der Waals surface area contributed by atoms with Gasteiger partial charge in [-0.05, 0) is 62.7 Å². The van der Waals surface area contributed by atoms with Gasteiger partial charge in [0.2, 0.25) is 0 Å². The number of nitro groups is 1. The Morgan fingerprint density at radius 2 is 1.93 bits per heavy atom. The van der Waals surface area contributed by atoms with Crippen molar-refractivity contribution in [2.24, 2.45) is 4.99 Å². The second-order valence-electron chi connectivity index (χ2n) is 8.92. The number of allylic oxidation sites excluding steroid dienone is 1. The number of aromatic nitrogens is 1. The van der Waals surface area contributed by atoms with Crippen molar-refractivity contribution >= 4 is 45.0 Å². The van der Waals surface area contributed by atoms with E-state index in [0.717, 1.165) is 11.3 Å². The molecule has 1 aliphatic heterocycles. The molecule has 3 heterocycles. The number of fused-ring (bicyclic) bond motifs is 1. The third-order valence-electron chi connectivity index (χ3n) is 6.35. The molecule has 10 nitrogen and oxygen atoms in total. The average Bonchev–Trinajstić information content (AvgIpc) is 3.52. The smallest absolute Gasteiger partial charge is 0.338 e. The fraction of sp³-hybridized carbons (Fsp3) is 0.207. The third kappa shape index (κ3) is 5.52. The number of ether oxygens (including phenoxy) is 2. The van der Waals surface area contributed by atoms with Crippen molar-refractivity contribution in [2.75, 3.05) is 13.2 Å². The maximum absolute atomic E-state index is 13.8. The number of benzene rings is 2. The zero-order valence-electron chi connectivity index (χ0n) is 22.3. The van der Waals surface area contributed by atoms with Crippen molar-refractivity contribution in [3.8, 4) is 17.1 Å². The number of halogens is 1. The minimum absolute atomic E-state index is 0.114. The van der Waals surface area contributed by atoms with Crippen LogP contribution in [-0.4, -0.2) is 28.7 Å². The summed E-state index contributed by atoms with van der Waals surface area (Å²) in [5.74, 6) is 0.743. The number of nitrogens with zero attached hydrogens (tertiary/aromatic N) is 3. The largest absolute Gasteiger partial charge is 0.494 e. The van der Waals surface area contributed by atoms with Crippen LogP contribution >= 0.6 is 27.3 Å². The van der Waals surface area contributed by atoms with Gasteiger partial charge in [-0.2, -0.15) is 0 Å². The van der Waals surface area contributed by atoms with Gasteiger partial charge in [0, 0.05) is 16.6 Å². The second kappa shape index (κ2) is 11.7. The van der Waals surface area contributed by atoms with Gasteiger partial charge >= 0.3 is 5.97 Å². The van der Waals surface area contributed by atoms with Crippen LogP contribution < -0.4 is 19.6 Å². The zero-order chi connectivity index (χ0) is 29.3. The molecular weight excluding hydrogens is 614 g/mol. The lowest BCUT2D eigenvalue weighted by molar-refractivity contribution is -0.384. The lowest BCUT2D eigenvalue weighted by atomic mass is 9.96. The van der Waals surface area contributed by atoms with Gasteiger partial charge in [-0.3, -0.25) is 19.5 Å². The summed E-state index contributed by atoms with van der Waals surface area (Å²) in [6.45, 7) is 6.00. The van der Waals surface area contributed by atoms with Gasteiger partial charge in [0.15, 0.2) is 4.80 Å². The predicted octanol–water partition coefficient (Wildman–Crippen LogP) is 5.13. The molecule has 0 fully saturated rings. The fourth-order valence-electron chi connectivity index (χ4n) is 4.59. The van der Waals surface area contributed by atoms with Crippen LogP contribution in [0.4, 0.5) is 5.69 Å². The Hall–Kier alpha value is -4.29. The number of hydrogen-bond donors (Lipinski definition) is 0. The Morgan fingerprint density at radius 3 is 2.61 bits per heavy atom. The quantitative estimate of drug-likeness (QED) is 0.149. The van der Waals surface area contributed by atoms with Crippen LogP contribution in [0.5, 0.6) is 5.75 Å². The van der Waals surface area contributed by atoms with E-state index >= 15 is 0 Å². The molecule has 1 aliphatic rings. The summed E-state index contributed by atoms with van der Waals surface area (Å²) in [6.07, 6.45) is 1.57. The van der Waals surface area contributed by atoms with Crippen LogP contribution in [0.3, 0.4) is 0 Å². The summed E-state index contributed by atoms with van der Waals surface area (Å²) in [6, 6.07) is 14.4. The molecular formula is C29H24BrN3O7S. The topological polar surface area (TPSA) is 126 Å². The van der Waals surface area contributed by atoms with Crippen molar-refractivity contribution in [3.05, 3.63) is 111 Å². The third-order valence-corrected chi connectivity index (χ3v) is 7.82. The Balaban J connectivity index is 1.62. The Kier molecular flexibility index (Phi) is 8.04. The van der Waals surface area contributed by atoms with Crippen molar-refractivity contribution in [1.82, 2.24) is 4.57 Å². The Bertz CT molecular complexity index is 1870. The molecule has 2 aromatic carbocycles. The number of furan rings is 1. The molecule has 4 aromatic rings. The van der Waals surface area contributed by atoms with E-state index in [4.69, 9.17) is 13.9 Å².